The number of fused-ring (bicyclic) bond motifs is 4. The zero-order valence-electron chi connectivity index (χ0n) is 49.6. The Morgan fingerprint density at radius 3 is 1.64 bits per heavy atom. The average molecular weight is 1260 g/mol. The molecule has 0 amide bonds. The summed E-state index contributed by atoms with van der Waals surface area (Å²) in [6.45, 7) is 36.1. The van der Waals surface area contributed by atoms with Crippen molar-refractivity contribution in [1.29, 1.82) is 0 Å². The molecule has 2 saturated heterocycles. The number of ether oxygens (including phenoxy) is 1. The Morgan fingerprint density at radius 2 is 1.09 bits per heavy atom. The molecule has 12 nitrogen and oxygen atoms in total. The van der Waals surface area contributed by atoms with Gasteiger partial charge < -0.3 is 51.5 Å². The largest absolute Gasteiger partial charge is 0.507 e. The first-order valence-corrected chi connectivity index (χ1v) is 27.9. The first-order chi connectivity index (χ1) is 37.7. The Balaban J connectivity index is 0.00000736. The molecule has 11 rings (SSSR count). The van der Waals surface area contributed by atoms with Crippen molar-refractivity contribution in [3.63, 3.8) is 0 Å². The standard InChI is InChI=1S/C62H70B6N5O7.Pt/c1-41-56(74-49-27-28-50-51-32-43(42-22-18-17-19-23-42)26-29-52(51)73(55(50)38-49)57-33-44(30-31-69-57)58(2,3)4)37-48(39-70-41)72-40-71(53-24-20-21-25-54(53)72)47-35-45(63-75-65(59(5,6)7)79-66(76-63)60(8,9)10)34-46(36-47)64-77-67(61(11,12)13)80-68(78-64)62(14,15)16;/h17-36,39-40H,1-16H3;/q-3;. The van der Waals surface area contributed by atoms with Gasteiger partial charge in [0.15, 0.2) is 0 Å². The summed E-state index contributed by atoms with van der Waals surface area (Å²) in [5.41, 5.74) is 10.9. The molecule has 0 unspecified atom stereocenters. The van der Waals surface area contributed by atoms with Crippen LogP contribution in [-0.4, -0.2) is 57.2 Å². The van der Waals surface area contributed by atoms with Crippen LogP contribution in [0.5, 0.6) is 11.5 Å². The van der Waals surface area contributed by atoms with Crippen molar-refractivity contribution in [2.45, 2.75) is 137 Å². The number of rotatable bonds is 8. The third-order valence-electron chi connectivity index (χ3n) is 14.7. The molecule has 19 heteroatoms. The van der Waals surface area contributed by atoms with Crippen molar-refractivity contribution >= 4 is 98.2 Å². The summed E-state index contributed by atoms with van der Waals surface area (Å²) in [6.07, 6.45) is 3.72. The predicted octanol–water partition coefficient (Wildman–Crippen LogP) is 14.3. The number of benzene rings is 5. The van der Waals surface area contributed by atoms with Crippen LogP contribution < -0.4 is 25.5 Å². The first kappa shape index (κ1) is 58.6. The molecular weight excluding hydrogens is 1190 g/mol. The van der Waals surface area contributed by atoms with E-state index in [1.807, 2.05) is 43.6 Å². The van der Waals surface area contributed by atoms with Crippen LogP contribution >= 0.6 is 0 Å². The topological polar surface area (TPSA) is 102 Å². The van der Waals surface area contributed by atoms with Gasteiger partial charge in [0, 0.05) is 61.3 Å². The number of nitrogens with zero attached hydrogens (tertiary/aromatic N) is 5. The van der Waals surface area contributed by atoms with Crippen LogP contribution in [0.2, 0.25) is 21.3 Å². The fourth-order valence-corrected chi connectivity index (χ4v) is 10.2. The second-order valence-electron chi connectivity index (χ2n) is 26.9. The molecule has 2 fully saturated rings. The minimum absolute atomic E-state index is 0. The van der Waals surface area contributed by atoms with Gasteiger partial charge in [-0.05, 0) is 108 Å². The fourth-order valence-electron chi connectivity index (χ4n) is 10.2. The molecule has 3 aliphatic heterocycles. The molecule has 3 aromatic heterocycles. The maximum absolute atomic E-state index is 6.83. The van der Waals surface area contributed by atoms with E-state index in [9.17, 15) is 0 Å². The zero-order valence-corrected chi connectivity index (χ0v) is 51.8. The number of aromatic nitrogens is 3. The SMILES string of the molecule is Cc1ncc(N2[CH-]N(c3cc(B4OB(C(C)(C)C)OB(C(C)(C)C)O4)cc(B4OB(C(C)(C)C)OB(C(C)(C)C)O4)c3)c3ccccc32)[c-]c1Oc1[c-]c2c(cc1)c1cc(-c3ccccc3)ccc1n2-c1cc(C(C)(C)C)ccn1.[Pt]. The third-order valence-corrected chi connectivity index (χ3v) is 14.7. The Labute approximate surface area is 496 Å². The molecule has 0 spiro atoms. The van der Waals surface area contributed by atoms with Gasteiger partial charge in [-0.1, -0.05) is 189 Å². The summed E-state index contributed by atoms with van der Waals surface area (Å²) in [7, 11) is -3.80. The van der Waals surface area contributed by atoms with Gasteiger partial charge in [-0.15, -0.1) is 30.3 Å². The second-order valence-corrected chi connectivity index (χ2v) is 26.9. The molecule has 0 aliphatic carbocycles. The number of hydrogen-bond acceptors (Lipinski definition) is 11. The zero-order chi connectivity index (χ0) is 56.8. The van der Waals surface area contributed by atoms with Crippen LogP contribution in [0, 0.1) is 25.7 Å². The van der Waals surface area contributed by atoms with E-state index in [0.29, 0.717) is 22.9 Å². The van der Waals surface area contributed by atoms with Gasteiger partial charge in [-0.25, -0.2) is 4.98 Å². The molecule has 6 heterocycles. The van der Waals surface area contributed by atoms with Gasteiger partial charge in [-0.2, -0.15) is 6.07 Å². The van der Waals surface area contributed by atoms with Crippen LogP contribution in [0.25, 0.3) is 38.8 Å². The quantitative estimate of drug-likeness (QED) is 0.107. The first-order valence-electron chi connectivity index (χ1n) is 27.9. The van der Waals surface area contributed by atoms with E-state index < -0.39 is 42.7 Å². The predicted molar refractivity (Wildman–Crippen MR) is 330 cm³/mol. The van der Waals surface area contributed by atoms with Crippen LogP contribution in [-0.2, 0) is 53.9 Å². The van der Waals surface area contributed by atoms with Crippen molar-refractivity contribution in [2.24, 2.45) is 0 Å². The molecule has 81 heavy (non-hydrogen) atoms. The average Bonchev–Trinajstić information content (AvgIpc) is 3.97. The molecule has 0 radical (unpaired) electrons. The summed E-state index contributed by atoms with van der Waals surface area (Å²) in [4.78, 5) is 14.1. The smallest absolute Gasteiger partial charge is 0.466 e. The minimum Gasteiger partial charge on any atom is -0.507 e. The molecule has 0 saturated carbocycles. The molecule has 0 bridgehead atoms. The number of para-hydroxylation sites is 2. The van der Waals surface area contributed by atoms with Gasteiger partial charge in [0.2, 0.25) is 0 Å². The Kier molecular flexibility index (Phi) is 15.8. The normalized spacial score (nSPS) is 15.8. The number of pyridine rings is 2. The van der Waals surface area contributed by atoms with Gasteiger partial charge >= 0.3 is 42.7 Å². The Bertz CT molecular complexity index is 3500. The molecular formula is C62H70B6N5O7Pt-3. The Morgan fingerprint density at radius 1 is 0.531 bits per heavy atom. The summed E-state index contributed by atoms with van der Waals surface area (Å²) in [6, 6.07) is 47.3. The summed E-state index contributed by atoms with van der Waals surface area (Å²) < 4.78 is 49.3. The van der Waals surface area contributed by atoms with E-state index in [1.54, 1.807) is 0 Å². The summed E-state index contributed by atoms with van der Waals surface area (Å²) >= 11 is 0. The van der Waals surface area contributed by atoms with Crippen LogP contribution in [0.1, 0.15) is 115 Å². The van der Waals surface area contributed by atoms with E-state index in [2.05, 4.69) is 228 Å². The minimum atomic E-state index is -0.787. The van der Waals surface area contributed by atoms with E-state index in [-0.39, 0.29) is 47.7 Å². The molecule has 0 atom stereocenters. The number of hydrogen-bond donors (Lipinski definition) is 0. The molecule has 416 valence electrons. The van der Waals surface area contributed by atoms with Crippen molar-refractivity contribution in [3.05, 3.63) is 158 Å². The fraction of sp³-hybridized carbons (Fsp3) is 0.339. The van der Waals surface area contributed by atoms with E-state index >= 15 is 0 Å². The van der Waals surface area contributed by atoms with Crippen molar-refractivity contribution in [1.82, 2.24) is 14.5 Å². The molecule has 5 aromatic carbocycles. The summed E-state index contributed by atoms with van der Waals surface area (Å²) in [5, 5.41) is 0.724. The summed E-state index contributed by atoms with van der Waals surface area (Å²) in [5.74, 6) is 1.80. The van der Waals surface area contributed by atoms with Crippen LogP contribution in [0.3, 0.4) is 0 Å². The Hall–Kier alpha value is -5.56. The second kappa shape index (κ2) is 21.9. The molecule has 0 N–H and O–H groups in total. The van der Waals surface area contributed by atoms with Gasteiger partial charge in [-0.3, -0.25) is 0 Å². The van der Waals surface area contributed by atoms with Gasteiger partial charge in [0.1, 0.15) is 5.82 Å². The molecule has 8 aromatic rings. The van der Waals surface area contributed by atoms with Crippen LogP contribution in [0.4, 0.5) is 22.7 Å². The van der Waals surface area contributed by atoms with Gasteiger partial charge in [0.25, 0.3) is 0 Å². The van der Waals surface area contributed by atoms with E-state index in [0.717, 1.165) is 66.7 Å². The van der Waals surface area contributed by atoms with Crippen molar-refractivity contribution < 1.29 is 53.2 Å². The number of aryl methyl sites for hydroxylation is 1. The van der Waals surface area contributed by atoms with E-state index in [4.69, 9.17) is 42.1 Å². The third kappa shape index (κ3) is 12.0. The van der Waals surface area contributed by atoms with E-state index in [1.165, 1.54) is 5.56 Å². The molecule has 3 aliphatic rings. The van der Waals surface area contributed by atoms with Crippen molar-refractivity contribution in [2.75, 3.05) is 9.80 Å². The maximum Gasteiger partial charge on any atom is 0.466 e. The number of anilines is 4. The monoisotopic (exact) mass is 1260 g/mol. The van der Waals surface area contributed by atoms with Crippen LogP contribution in [0.15, 0.2) is 128 Å². The maximum atomic E-state index is 6.83. The van der Waals surface area contributed by atoms with Gasteiger partial charge in [0.05, 0.1) is 0 Å². The van der Waals surface area contributed by atoms with Crippen molar-refractivity contribution in [3.8, 4) is 28.4 Å².